The Labute approximate surface area is 171 Å². The lowest BCUT2D eigenvalue weighted by molar-refractivity contribution is 0.384. The van der Waals surface area contributed by atoms with E-state index in [0.717, 1.165) is 43.2 Å². The van der Waals surface area contributed by atoms with E-state index < -0.39 is 0 Å². The summed E-state index contributed by atoms with van der Waals surface area (Å²) in [6, 6.07) is 10.8. The van der Waals surface area contributed by atoms with Crippen molar-refractivity contribution in [1.82, 2.24) is 25.1 Å². The van der Waals surface area contributed by atoms with Crippen LogP contribution in [0, 0.1) is 0 Å². The summed E-state index contributed by atoms with van der Waals surface area (Å²) in [6.45, 7) is 4.84. The van der Waals surface area contributed by atoms with E-state index in [1.807, 2.05) is 23.0 Å². The van der Waals surface area contributed by atoms with Gasteiger partial charge in [0.15, 0.2) is 0 Å². The fourth-order valence-corrected chi connectivity index (χ4v) is 3.96. The van der Waals surface area contributed by atoms with Crippen molar-refractivity contribution in [2.24, 2.45) is 0 Å². The molecule has 1 saturated heterocycles. The SMILES string of the molecule is COc1ccc(C(C)NC2CCCN(c3ncccn3)C2)cc1Cn1cccn1. The van der Waals surface area contributed by atoms with Crippen molar-refractivity contribution < 1.29 is 4.74 Å². The van der Waals surface area contributed by atoms with E-state index in [-0.39, 0.29) is 6.04 Å². The highest BCUT2D eigenvalue weighted by molar-refractivity contribution is 5.38. The molecule has 0 spiro atoms. The van der Waals surface area contributed by atoms with Gasteiger partial charge in [0, 0.05) is 55.5 Å². The Morgan fingerprint density at radius 1 is 1.21 bits per heavy atom. The number of ether oxygens (including phenoxy) is 1. The summed E-state index contributed by atoms with van der Waals surface area (Å²) in [5.41, 5.74) is 2.38. The van der Waals surface area contributed by atoms with Crippen molar-refractivity contribution in [3.05, 3.63) is 66.2 Å². The molecule has 2 aromatic heterocycles. The Morgan fingerprint density at radius 3 is 2.83 bits per heavy atom. The van der Waals surface area contributed by atoms with Crippen LogP contribution >= 0.6 is 0 Å². The second-order valence-corrected chi connectivity index (χ2v) is 7.50. The van der Waals surface area contributed by atoms with Gasteiger partial charge >= 0.3 is 0 Å². The second kappa shape index (κ2) is 9.05. The van der Waals surface area contributed by atoms with Gasteiger partial charge in [0.2, 0.25) is 5.95 Å². The number of hydrogen-bond acceptors (Lipinski definition) is 6. The van der Waals surface area contributed by atoms with Gasteiger partial charge in [0.1, 0.15) is 5.75 Å². The summed E-state index contributed by atoms with van der Waals surface area (Å²) in [6.07, 6.45) is 9.67. The number of piperidine rings is 1. The molecule has 1 fully saturated rings. The first kappa shape index (κ1) is 19.4. The van der Waals surface area contributed by atoms with Crippen LogP contribution in [0.2, 0.25) is 0 Å². The van der Waals surface area contributed by atoms with E-state index in [2.05, 4.69) is 50.4 Å². The van der Waals surface area contributed by atoms with Crippen molar-refractivity contribution in [2.45, 2.75) is 38.4 Å². The Hall–Kier alpha value is -2.93. The van der Waals surface area contributed by atoms with Gasteiger partial charge in [0.25, 0.3) is 0 Å². The fourth-order valence-electron chi connectivity index (χ4n) is 3.96. The van der Waals surface area contributed by atoms with Crippen molar-refractivity contribution in [3.63, 3.8) is 0 Å². The van der Waals surface area contributed by atoms with Crippen LogP contribution in [0.25, 0.3) is 0 Å². The summed E-state index contributed by atoms with van der Waals surface area (Å²) in [5.74, 6) is 1.71. The van der Waals surface area contributed by atoms with Crippen molar-refractivity contribution in [1.29, 1.82) is 0 Å². The minimum absolute atomic E-state index is 0.235. The van der Waals surface area contributed by atoms with Crippen LogP contribution in [0.4, 0.5) is 5.95 Å². The highest BCUT2D eigenvalue weighted by Gasteiger charge is 2.23. The molecule has 2 atom stereocenters. The fraction of sp³-hybridized carbons (Fsp3) is 0.409. The first-order valence-corrected chi connectivity index (χ1v) is 10.1. The molecule has 4 rings (SSSR count). The lowest BCUT2D eigenvalue weighted by Gasteiger charge is -2.35. The second-order valence-electron chi connectivity index (χ2n) is 7.50. The molecule has 3 aromatic rings. The zero-order chi connectivity index (χ0) is 20.1. The number of anilines is 1. The van der Waals surface area contributed by atoms with E-state index in [4.69, 9.17) is 4.74 Å². The van der Waals surface area contributed by atoms with Gasteiger partial charge in [-0.2, -0.15) is 5.10 Å². The maximum Gasteiger partial charge on any atom is 0.225 e. The monoisotopic (exact) mass is 392 g/mol. The van der Waals surface area contributed by atoms with Crippen LogP contribution in [0.5, 0.6) is 5.75 Å². The summed E-state index contributed by atoms with van der Waals surface area (Å²) < 4.78 is 7.48. The van der Waals surface area contributed by atoms with E-state index in [9.17, 15) is 0 Å². The molecule has 1 aliphatic rings. The molecule has 1 N–H and O–H groups in total. The predicted octanol–water partition coefficient (Wildman–Crippen LogP) is 3.05. The zero-order valence-corrected chi connectivity index (χ0v) is 17.0. The topological polar surface area (TPSA) is 68.1 Å². The average molecular weight is 393 g/mol. The minimum atomic E-state index is 0.235. The summed E-state index contributed by atoms with van der Waals surface area (Å²) in [4.78, 5) is 11.1. The maximum atomic E-state index is 5.56. The van der Waals surface area contributed by atoms with E-state index in [0.29, 0.717) is 12.6 Å². The number of nitrogens with zero attached hydrogens (tertiary/aromatic N) is 5. The molecule has 3 heterocycles. The number of aromatic nitrogens is 4. The van der Waals surface area contributed by atoms with Crippen LogP contribution in [-0.2, 0) is 6.54 Å². The maximum absolute atomic E-state index is 5.56. The number of methoxy groups -OCH3 is 1. The normalized spacial score (nSPS) is 17.9. The molecule has 0 saturated carbocycles. The van der Waals surface area contributed by atoms with E-state index >= 15 is 0 Å². The molecule has 0 bridgehead atoms. The first-order chi connectivity index (χ1) is 14.2. The van der Waals surface area contributed by atoms with E-state index in [1.165, 1.54) is 5.56 Å². The highest BCUT2D eigenvalue weighted by atomic mass is 16.5. The van der Waals surface area contributed by atoms with Gasteiger partial charge < -0.3 is 15.0 Å². The van der Waals surface area contributed by atoms with Gasteiger partial charge in [-0.15, -0.1) is 0 Å². The molecule has 29 heavy (non-hydrogen) atoms. The van der Waals surface area contributed by atoms with Crippen LogP contribution in [0.3, 0.4) is 0 Å². The largest absolute Gasteiger partial charge is 0.496 e. The van der Waals surface area contributed by atoms with Crippen molar-refractivity contribution >= 4 is 5.95 Å². The summed E-state index contributed by atoms with van der Waals surface area (Å²) >= 11 is 0. The Morgan fingerprint density at radius 2 is 2.07 bits per heavy atom. The third kappa shape index (κ3) is 4.74. The predicted molar refractivity (Wildman–Crippen MR) is 113 cm³/mol. The average Bonchev–Trinajstić information content (AvgIpc) is 3.27. The Bertz CT molecular complexity index is 899. The van der Waals surface area contributed by atoms with Gasteiger partial charge in [-0.25, -0.2) is 9.97 Å². The van der Waals surface area contributed by atoms with Crippen LogP contribution in [0.1, 0.15) is 36.9 Å². The van der Waals surface area contributed by atoms with Gasteiger partial charge in [0.05, 0.1) is 13.7 Å². The van der Waals surface area contributed by atoms with Crippen molar-refractivity contribution in [3.8, 4) is 5.75 Å². The van der Waals surface area contributed by atoms with Crippen molar-refractivity contribution in [2.75, 3.05) is 25.1 Å². The van der Waals surface area contributed by atoms with Gasteiger partial charge in [-0.3, -0.25) is 4.68 Å². The molecular weight excluding hydrogens is 364 g/mol. The Kier molecular flexibility index (Phi) is 6.05. The molecule has 0 aliphatic carbocycles. The smallest absolute Gasteiger partial charge is 0.225 e. The molecule has 1 aliphatic heterocycles. The van der Waals surface area contributed by atoms with Gasteiger partial charge in [-0.05, 0) is 49.6 Å². The van der Waals surface area contributed by atoms with Crippen LogP contribution in [0.15, 0.2) is 55.1 Å². The third-order valence-electron chi connectivity index (χ3n) is 5.44. The quantitative estimate of drug-likeness (QED) is 0.667. The molecular formula is C22H28N6O. The zero-order valence-electron chi connectivity index (χ0n) is 17.0. The molecule has 2 unspecified atom stereocenters. The number of benzene rings is 1. The minimum Gasteiger partial charge on any atom is -0.496 e. The number of nitrogens with one attached hydrogen (secondary N) is 1. The molecule has 7 heteroatoms. The summed E-state index contributed by atoms with van der Waals surface area (Å²) in [7, 11) is 1.71. The third-order valence-corrected chi connectivity index (χ3v) is 5.44. The highest BCUT2D eigenvalue weighted by Crippen LogP contribution is 2.25. The van der Waals surface area contributed by atoms with Crippen LogP contribution in [-0.4, -0.2) is 46.0 Å². The van der Waals surface area contributed by atoms with Crippen LogP contribution < -0.4 is 15.0 Å². The number of rotatable bonds is 7. The summed E-state index contributed by atoms with van der Waals surface area (Å²) in [5, 5.41) is 8.12. The molecule has 0 amide bonds. The molecule has 152 valence electrons. The van der Waals surface area contributed by atoms with E-state index in [1.54, 1.807) is 25.7 Å². The molecule has 0 radical (unpaired) electrons. The van der Waals surface area contributed by atoms with Gasteiger partial charge in [-0.1, -0.05) is 6.07 Å². The standard InChI is InChI=1S/C22H28N6O/c1-17(26-20-6-3-12-27(16-20)22-23-9-4-10-24-22)18-7-8-21(29-2)19(14-18)15-28-13-5-11-25-28/h4-5,7-11,13-14,17,20,26H,3,6,12,15-16H2,1-2H3. The lowest BCUT2D eigenvalue weighted by atomic mass is 10.0. The molecule has 1 aromatic carbocycles. The molecule has 7 nitrogen and oxygen atoms in total. The first-order valence-electron chi connectivity index (χ1n) is 10.1. The number of hydrogen-bond donors (Lipinski definition) is 1. The Balaban J connectivity index is 1.44. The lowest BCUT2D eigenvalue weighted by Crippen LogP contribution is -2.47.